The van der Waals surface area contributed by atoms with Crippen molar-refractivity contribution in [3.05, 3.63) is 23.0 Å². The molecule has 2 nitrogen and oxygen atoms in total. The van der Waals surface area contributed by atoms with Crippen molar-refractivity contribution in [1.82, 2.24) is 9.88 Å². The molecule has 1 aliphatic carbocycles. The zero-order chi connectivity index (χ0) is 12.5. The average molecular weight is 252 g/mol. The third-order valence-corrected chi connectivity index (χ3v) is 5.42. The summed E-state index contributed by atoms with van der Waals surface area (Å²) in [6.07, 6.45) is 5.00. The highest BCUT2D eigenvalue weighted by molar-refractivity contribution is 8.00. The molecule has 1 heterocycles. The van der Waals surface area contributed by atoms with E-state index in [2.05, 4.69) is 43.0 Å². The smallest absolute Gasteiger partial charge is 0.0282 e. The van der Waals surface area contributed by atoms with Gasteiger partial charge in [-0.15, -0.1) is 0 Å². The number of thioether (sulfide) groups is 1. The van der Waals surface area contributed by atoms with Crippen LogP contribution in [0.1, 0.15) is 36.7 Å². The summed E-state index contributed by atoms with van der Waals surface area (Å²) in [6, 6.07) is 2.32. The number of rotatable bonds is 6. The SMILES string of the molecule is CCn1c(C)cc(CNCC2(SC)CC2)c1C. The minimum absolute atomic E-state index is 0.566. The summed E-state index contributed by atoms with van der Waals surface area (Å²) in [7, 11) is 0. The molecule has 0 aromatic carbocycles. The zero-order valence-corrected chi connectivity index (χ0v) is 12.3. The Labute approximate surface area is 109 Å². The Hall–Kier alpha value is -0.410. The van der Waals surface area contributed by atoms with Gasteiger partial charge in [0.25, 0.3) is 0 Å². The van der Waals surface area contributed by atoms with Crippen molar-refractivity contribution in [3.8, 4) is 0 Å². The number of aromatic nitrogens is 1. The lowest BCUT2D eigenvalue weighted by atomic mass is 10.2. The molecule has 1 fully saturated rings. The standard InChI is InChI=1S/C14H24N2S/c1-5-16-11(2)8-13(12(16)3)9-15-10-14(17-4)6-7-14/h8,15H,5-7,9-10H2,1-4H3. The predicted octanol–water partition coefficient (Wildman–Crippen LogP) is 3.11. The number of nitrogens with one attached hydrogen (secondary N) is 1. The van der Waals surface area contributed by atoms with Gasteiger partial charge in [-0.05, 0) is 51.5 Å². The normalized spacial score (nSPS) is 17.4. The highest BCUT2D eigenvalue weighted by atomic mass is 32.2. The molecule has 3 heteroatoms. The molecule has 0 bridgehead atoms. The van der Waals surface area contributed by atoms with Crippen molar-refractivity contribution in [2.45, 2.75) is 51.4 Å². The van der Waals surface area contributed by atoms with Gasteiger partial charge in [0.2, 0.25) is 0 Å². The maximum atomic E-state index is 3.63. The molecule has 0 spiro atoms. The highest BCUT2D eigenvalue weighted by Gasteiger charge is 2.41. The monoisotopic (exact) mass is 252 g/mol. The van der Waals surface area contributed by atoms with Crippen molar-refractivity contribution in [3.63, 3.8) is 0 Å². The number of hydrogen-bond donors (Lipinski definition) is 1. The molecule has 0 aliphatic heterocycles. The maximum absolute atomic E-state index is 3.63. The molecule has 0 saturated heterocycles. The minimum atomic E-state index is 0.566. The van der Waals surface area contributed by atoms with Crippen LogP contribution in [0, 0.1) is 13.8 Å². The number of hydrogen-bond acceptors (Lipinski definition) is 2. The maximum Gasteiger partial charge on any atom is 0.0282 e. The summed E-state index contributed by atoms with van der Waals surface area (Å²) in [6.45, 7) is 9.89. The van der Waals surface area contributed by atoms with Gasteiger partial charge in [-0.3, -0.25) is 0 Å². The molecule has 1 saturated carbocycles. The fourth-order valence-electron chi connectivity index (χ4n) is 2.56. The molecular weight excluding hydrogens is 228 g/mol. The first-order chi connectivity index (χ1) is 8.12. The van der Waals surface area contributed by atoms with E-state index in [1.165, 1.54) is 29.8 Å². The number of nitrogens with zero attached hydrogens (tertiary/aromatic N) is 1. The van der Waals surface area contributed by atoms with Crippen molar-refractivity contribution < 1.29 is 0 Å². The van der Waals surface area contributed by atoms with E-state index in [9.17, 15) is 0 Å². The molecule has 2 rings (SSSR count). The summed E-state index contributed by atoms with van der Waals surface area (Å²) >= 11 is 2.02. The van der Waals surface area contributed by atoms with Crippen LogP contribution in [0.3, 0.4) is 0 Å². The van der Waals surface area contributed by atoms with Crippen LogP contribution in [0.4, 0.5) is 0 Å². The second kappa shape index (κ2) is 5.07. The van der Waals surface area contributed by atoms with Crippen LogP contribution in [0.15, 0.2) is 6.07 Å². The summed E-state index contributed by atoms with van der Waals surface area (Å²) in [4.78, 5) is 0. The van der Waals surface area contributed by atoms with Crippen molar-refractivity contribution in [1.29, 1.82) is 0 Å². The molecule has 1 aliphatic rings. The van der Waals surface area contributed by atoms with E-state index >= 15 is 0 Å². The topological polar surface area (TPSA) is 17.0 Å². The van der Waals surface area contributed by atoms with E-state index in [4.69, 9.17) is 0 Å². The first kappa shape index (κ1) is 13.0. The Morgan fingerprint density at radius 1 is 1.41 bits per heavy atom. The van der Waals surface area contributed by atoms with Crippen LogP contribution in [0.2, 0.25) is 0 Å². The molecular formula is C14H24N2S. The molecule has 0 atom stereocenters. The molecule has 0 unspecified atom stereocenters. The predicted molar refractivity (Wildman–Crippen MR) is 76.8 cm³/mol. The van der Waals surface area contributed by atoms with Gasteiger partial charge in [0.15, 0.2) is 0 Å². The summed E-state index contributed by atoms with van der Waals surface area (Å²) < 4.78 is 2.95. The van der Waals surface area contributed by atoms with Crippen LogP contribution in [0.25, 0.3) is 0 Å². The lowest BCUT2D eigenvalue weighted by molar-refractivity contribution is 0.654. The van der Waals surface area contributed by atoms with Crippen LogP contribution in [0.5, 0.6) is 0 Å². The Morgan fingerprint density at radius 2 is 2.12 bits per heavy atom. The molecule has 0 radical (unpaired) electrons. The second-order valence-corrected chi connectivity index (χ2v) is 6.41. The summed E-state index contributed by atoms with van der Waals surface area (Å²) in [5, 5.41) is 3.63. The fraction of sp³-hybridized carbons (Fsp3) is 0.714. The number of aryl methyl sites for hydroxylation is 1. The van der Waals surface area contributed by atoms with Crippen LogP contribution in [-0.2, 0) is 13.1 Å². The largest absolute Gasteiger partial charge is 0.349 e. The van der Waals surface area contributed by atoms with Crippen LogP contribution in [-0.4, -0.2) is 22.1 Å². The van der Waals surface area contributed by atoms with Gasteiger partial charge in [0, 0.05) is 35.8 Å². The molecule has 1 N–H and O–H groups in total. The van der Waals surface area contributed by atoms with Gasteiger partial charge in [0.05, 0.1) is 0 Å². The quantitative estimate of drug-likeness (QED) is 0.838. The second-order valence-electron chi connectivity index (χ2n) is 5.13. The Kier molecular flexibility index (Phi) is 3.88. The van der Waals surface area contributed by atoms with E-state index in [0.29, 0.717) is 4.75 Å². The van der Waals surface area contributed by atoms with E-state index in [1.807, 2.05) is 11.8 Å². The van der Waals surface area contributed by atoms with Gasteiger partial charge < -0.3 is 9.88 Å². The van der Waals surface area contributed by atoms with Crippen LogP contribution >= 0.6 is 11.8 Å². The van der Waals surface area contributed by atoms with E-state index < -0.39 is 0 Å². The molecule has 17 heavy (non-hydrogen) atoms. The first-order valence-corrected chi connectivity index (χ1v) is 7.76. The van der Waals surface area contributed by atoms with E-state index in [0.717, 1.165) is 19.6 Å². The Bertz CT molecular complexity index is 391. The van der Waals surface area contributed by atoms with Gasteiger partial charge >= 0.3 is 0 Å². The average Bonchev–Trinajstić information content (AvgIpc) is 3.03. The molecule has 1 aromatic heterocycles. The lowest BCUT2D eigenvalue weighted by Crippen LogP contribution is -2.25. The van der Waals surface area contributed by atoms with Crippen LogP contribution < -0.4 is 5.32 Å². The third-order valence-electron chi connectivity index (χ3n) is 4.00. The fourth-order valence-corrected chi connectivity index (χ4v) is 3.31. The summed E-state index contributed by atoms with van der Waals surface area (Å²) in [5.41, 5.74) is 4.26. The first-order valence-electron chi connectivity index (χ1n) is 6.53. The lowest BCUT2D eigenvalue weighted by Gasteiger charge is -2.13. The van der Waals surface area contributed by atoms with Crippen molar-refractivity contribution in [2.75, 3.05) is 12.8 Å². The third kappa shape index (κ3) is 2.71. The Balaban J connectivity index is 1.91. The van der Waals surface area contributed by atoms with E-state index in [1.54, 1.807) is 0 Å². The molecule has 1 aromatic rings. The molecule has 96 valence electrons. The van der Waals surface area contributed by atoms with Gasteiger partial charge in [0.1, 0.15) is 0 Å². The van der Waals surface area contributed by atoms with Crippen molar-refractivity contribution in [2.24, 2.45) is 0 Å². The molecule has 0 amide bonds. The van der Waals surface area contributed by atoms with Gasteiger partial charge in [-0.25, -0.2) is 0 Å². The van der Waals surface area contributed by atoms with Gasteiger partial charge in [-0.2, -0.15) is 11.8 Å². The van der Waals surface area contributed by atoms with E-state index in [-0.39, 0.29) is 0 Å². The van der Waals surface area contributed by atoms with Crippen molar-refractivity contribution >= 4 is 11.8 Å². The zero-order valence-electron chi connectivity index (χ0n) is 11.5. The summed E-state index contributed by atoms with van der Waals surface area (Å²) in [5.74, 6) is 0. The Morgan fingerprint density at radius 3 is 2.59 bits per heavy atom. The highest BCUT2D eigenvalue weighted by Crippen LogP contribution is 2.46. The minimum Gasteiger partial charge on any atom is -0.349 e. The van der Waals surface area contributed by atoms with Gasteiger partial charge in [-0.1, -0.05) is 0 Å².